The number of aryl methyl sites for hydroxylation is 2. The van der Waals surface area contributed by atoms with Gasteiger partial charge in [-0.2, -0.15) is 0 Å². The van der Waals surface area contributed by atoms with Gasteiger partial charge in [-0.05, 0) is 54.8 Å². The number of hydrogen-bond donors (Lipinski definition) is 1. The average molecular weight is 373 g/mol. The highest BCUT2D eigenvalue weighted by molar-refractivity contribution is 6.06. The molecule has 1 N–H and O–H groups in total. The van der Waals surface area contributed by atoms with E-state index in [0.717, 1.165) is 28.8 Å². The zero-order valence-corrected chi connectivity index (χ0v) is 16.1. The van der Waals surface area contributed by atoms with Crippen LogP contribution in [0.4, 0.5) is 5.69 Å². The van der Waals surface area contributed by atoms with Gasteiger partial charge in [-0.3, -0.25) is 4.79 Å². The Balaban J connectivity index is 2.05. The zero-order chi connectivity index (χ0) is 20.1. The molecule has 0 atom stereocenters. The quantitative estimate of drug-likeness (QED) is 0.654. The van der Waals surface area contributed by atoms with Gasteiger partial charge in [0.15, 0.2) is 0 Å². The summed E-state index contributed by atoms with van der Waals surface area (Å²) in [7, 11) is 0. The molecule has 0 aliphatic heterocycles. The first kappa shape index (κ1) is 19.4. The lowest BCUT2D eigenvalue weighted by Crippen LogP contribution is -2.31. The Kier molecular flexibility index (Phi) is 5.90. The summed E-state index contributed by atoms with van der Waals surface area (Å²) in [6.45, 7) is 4.31. The van der Waals surface area contributed by atoms with Crippen LogP contribution in [0.25, 0.3) is 0 Å². The number of carboxylic acids is 1. The Bertz CT molecular complexity index is 1010. The number of rotatable bonds is 6. The van der Waals surface area contributed by atoms with E-state index in [0.29, 0.717) is 12.1 Å². The number of aromatic carboxylic acids is 1. The summed E-state index contributed by atoms with van der Waals surface area (Å²) in [6, 6.07) is 22.1. The molecule has 0 spiro atoms. The van der Waals surface area contributed by atoms with Crippen molar-refractivity contribution in [2.45, 2.75) is 26.8 Å². The van der Waals surface area contributed by atoms with E-state index in [4.69, 9.17) is 0 Å². The smallest absolute Gasteiger partial charge is 0.335 e. The van der Waals surface area contributed by atoms with Gasteiger partial charge in [0.05, 0.1) is 12.1 Å². The minimum Gasteiger partial charge on any atom is -0.478 e. The number of carbonyl (C=O) groups excluding carboxylic acids is 1. The van der Waals surface area contributed by atoms with Gasteiger partial charge in [0.2, 0.25) is 0 Å². The third kappa shape index (κ3) is 4.29. The largest absolute Gasteiger partial charge is 0.478 e. The topological polar surface area (TPSA) is 57.6 Å². The van der Waals surface area contributed by atoms with Gasteiger partial charge in [-0.1, -0.05) is 55.0 Å². The van der Waals surface area contributed by atoms with Gasteiger partial charge in [-0.25, -0.2) is 4.79 Å². The number of carbonyl (C=O) groups is 2. The van der Waals surface area contributed by atoms with E-state index in [2.05, 4.69) is 6.92 Å². The van der Waals surface area contributed by atoms with Crippen LogP contribution in [-0.4, -0.2) is 17.0 Å². The maximum atomic E-state index is 13.4. The van der Waals surface area contributed by atoms with Crippen LogP contribution in [0, 0.1) is 6.92 Å². The fourth-order valence-electron chi connectivity index (χ4n) is 3.26. The average Bonchev–Trinajstić information content (AvgIpc) is 2.71. The lowest BCUT2D eigenvalue weighted by atomic mass is 10.0. The minimum absolute atomic E-state index is 0.106. The van der Waals surface area contributed by atoms with Crippen molar-refractivity contribution in [3.8, 4) is 0 Å². The first-order valence-electron chi connectivity index (χ1n) is 9.28. The predicted molar refractivity (Wildman–Crippen MR) is 111 cm³/mol. The van der Waals surface area contributed by atoms with Gasteiger partial charge >= 0.3 is 5.97 Å². The van der Waals surface area contributed by atoms with Crippen LogP contribution in [0.3, 0.4) is 0 Å². The molecule has 0 radical (unpaired) electrons. The van der Waals surface area contributed by atoms with E-state index in [-0.39, 0.29) is 11.5 Å². The van der Waals surface area contributed by atoms with Crippen molar-refractivity contribution in [3.63, 3.8) is 0 Å². The number of anilines is 1. The van der Waals surface area contributed by atoms with E-state index in [1.54, 1.807) is 23.1 Å². The lowest BCUT2D eigenvalue weighted by Gasteiger charge is -2.26. The zero-order valence-electron chi connectivity index (χ0n) is 16.1. The molecule has 1 amide bonds. The number of para-hydroxylation sites is 1. The van der Waals surface area contributed by atoms with Crippen molar-refractivity contribution in [1.82, 2.24) is 0 Å². The molecule has 0 aromatic heterocycles. The predicted octanol–water partition coefficient (Wildman–Crippen LogP) is 5.10. The summed E-state index contributed by atoms with van der Waals surface area (Å²) in [5, 5.41) is 9.28. The molecule has 0 bridgehead atoms. The van der Waals surface area contributed by atoms with Crippen LogP contribution in [0.5, 0.6) is 0 Å². The normalized spacial score (nSPS) is 10.5. The number of nitrogens with zero attached hydrogens (tertiary/aromatic N) is 1. The molecular formula is C24H23NO3. The van der Waals surface area contributed by atoms with Crippen LogP contribution in [0.2, 0.25) is 0 Å². The standard InChI is InChI=1S/C24H23NO3/c1-3-19-10-4-5-13-22(19)25(23(26)20-11-6-8-17(2)14-20)16-18-9-7-12-21(15-18)24(27)28/h4-15H,3,16H2,1-2H3,(H,27,28). The van der Waals surface area contributed by atoms with Crippen LogP contribution >= 0.6 is 0 Å². The molecule has 28 heavy (non-hydrogen) atoms. The van der Waals surface area contributed by atoms with Crippen LogP contribution in [0.1, 0.15) is 44.3 Å². The van der Waals surface area contributed by atoms with Gasteiger partial charge in [0, 0.05) is 11.3 Å². The van der Waals surface area contributed by atoms with Crippen LogP contribution < -0.4 is 4.90 Å². The molecule has 0 aliphatic rings. The van der Waals surface area contributed by atoms with Crippen LogP contribution in [-0.2, 0) is 13.0 Å². The second-order valence-electron chi connectivity index (χ2n) is 6.75. The van der Waals surface area contributed by atoms with E-state index >= 15 is 0 Å². The molecule has 3 aromatic carbocycles. The Morgan fingerprint density at radius 1 is 0.893 bits per heavy atom. The second kappa shape index (κ2) is 8.53. The van der Waals surface area contributed by atoms with E-state index in [1.807, 2.05) is 61.5 Å². The summed E-state index contributed by atoms with van der Waals surface area (Å²) in [5.41, 5.74) is 4.52. The van der Waals surface area contributed by atoms with Gasteiger partial charge in [0.25, 0.3) is 5.91 Å². The maximum absolute atomic E-state index is 13.4. The second-order valence-corrected chi connectivity index (χ2v) is 6.75. The molecule has 0 saturated carbocycles. The van der Waals surface area contributed by atoms with Gasteiger partial charge in [-0.15, -0.1) is 0 Å². The van der Waals surface area contributed by atoms with Gasteiger partial charge < -0.3 is 10.0 Å². The van der Waals surface area contributed by atoms with E-state index in [1.165, 1.54) is 0 Å². The molecule has 0 aliphatic carbocycles. The summed E-state index contributed by atoms with van der Waals surface area (Å²) >= 11 is 0. The SMILES string of the molecule is CCc1ccccc1N(Cc1cccc(C(=O)O)c1)C(=O)c1cccc(C)c1. The molecule has 0 saturated heterocycles. The molecule has 4 nitrogen and oxygen atoms in total. The Morgan fingerprint density at radius 2 is 1.61 bits per heavy atom. The highest BCUT2D eigenvalue weighted by Crippen LogP contribution is 2.25. The van der Waals surface area contributed by atoms with Crippen molar-refractivity contribution in [1.29, 1.82) is 0 Å². The molecule has 3 rings (SSSR count). The maximum Gasteiger partial charge on any atom is 0.335 e. The first-order valence-corrected chi connectivity index (χ1v) is 9.28. The molecule has 0 unspecified atom stereocenters. The molecule has 0 heterocycles. The fourth-order valence-corrected chi connectivity index (χ4v) is 3.26. The third-order valence-electron chi connectivity index (χ3n) is 4.69. The summed E-state index contributed by atoms with van der Waals surface area (Å²) in [4.78, 5) is 26.5. The van der Waals surface area contributed by atoms with Crippen LogP contribution in [0.15, 0.2) is 72.8 Å². The van der Waals surface area contributed by atoms with Crippen molar-refractivity contribution in [2.24, 2.45) is 0 Å². The molecule has 4 heteroatoms. The first-order chi connectivity index (χ1) is 13.5. The molecule has 0 fully saturated rings. The number of amides is 1. The van der Waals surface area contributed by atoms with E-state index < -0.39 is 5.97 Å². The lowest BCUT2D eigenvalue weighted by molar-refractivity contribution is 0.0696. The fraction of sp³-hybridized carbons (Fsp3) is 0.167. The van der Waals surface area contributed by atoms with Gasteiger partial charge in [0.1, 0.15) is 0 Å². The number of carboxylic acid groups (broad SMARTS) is 1. The van der Waals surface area contributed by atoms with E-state index in [9.17, 15) is 14.7 Å². The monoisotopic (exact) mass is 373 g/mol. The van der Waals surface area contributed by atoms with Crippen molar-refractivity contribution >= 4 is 17.6 Å². The van der Waals surface area contributed by atoms with Crippen molar-refractivity contribution in [3.05, 3.63) is 101 Å². The third-order valence-corrected chi connectivity index (χ3v) is 4.69. The Morgan fingerprint density at radius 3 is 2.32 bits per heavy atom. The number of hydrogen-bond acceptors (Lipinski definition) is 2. The molecular weight excluding hydrogens is 350 g/mol. The van der Waals surface area contributed by atoms with Crippen molar-refractivity contribution in [2.75, 3.05) is 4.90 Å². The number of benzene rings is 3. The summed E-state index contributed by atoms with van der Waals surface area (Å²) in [6.07, 6.45) is 0.795. The summed E-state index contributed by atoms with van der Waals surface area (Å²) < 4.78 is 0. The minimum atomic E-state index is -0.979. The summed E-state index contributed by atoms with van der Waals surface area (Å²) in [5.74, 6) is -1.09. The molecule has 3 aromatic rings. The molecule has 142 valence electrons. The highest BCUT2D eigenvalue weighted by Gasteiger charge is 2.21. The highest BCUT2D eigenvalue weighted by atomic mass is 16.4. The Hall–Kier alpha value is -3.40. The van der Waals surface area contributed by atoms with Crippen molar-refractivity contribution < 1.29 is 14.7 Å². The Labute approximate surface area is 165 Å².